The van der Waals surface area contributed by atoms with E-state index in [1.54, 1.807) is 0 Å². The molecule has 0 aliphatic carbocycles. The molecule has 0 radical (unpaired) electrons. The first kappa shape index (κ1) is 8.94. The van der Waals surface area contributed by atoms with Crippen molar-refractivity contribution in [2.75, 3.05) is 6.61 Å². The summed E-state index contributed by atoms with van der Waals surface area (Å²) in [6.07, 6.45) is 1.59. The first-order valence-corrected chi connectivity index (χ1v) is 3.08. The van der Waals surface area contributed by atoms with Crippen LogP contribution in [-0.4, -0.2) is 23.7 Å². The average molecular weight is 146 g/mol. The van der Waals surface area contributed by atoms with Crippen molar-refractivity contribution in [1.29, 1.82) is 0 Å². The van der Waals surface area contributed by atoms with Gasteiger partial charge in [-0.05, 0) is 6.42 Å². The van der Waals surface area contributed by atoms with Gasteiger partial charge in [0.15, 0.2) is 0 Å². The van der Waals surface area contributed by atoms with Crippen LogP contribution in [0.25, 0.3) is 0 Å². The van der Waals surface area contributed by atoms with Crippen molar-refractivity contribution in [1.82, 2.24) is 0 Å². The Bertz CT molecular complexity index is 130. The summed E-state index contributed by atoms with van der Waals surface area (Å²) in [7, 11) is 0. The van der Waals surface area contributed by atoms with Gasteiger partial charge in [-0.3, -0.25) is 0 Å². The standard InChI is InChI=1S/C6H10O4/c1-2-3-4-10-6(9)5(7)8/h2-4H2,1H3,(H,7,8). The number of carbonyl (C=O) groups is 2. The van der Waals surface area contributed by atoms with Crippen molar-refractivity contribution in [3.8, 4) is 0 Å². The minimum atomic E-state index is -1.53. The maximum atomic E-state index is 10.2. The highest BCUT2D eigenvalue weighted by molar-refractivity contribution is 6.28. The molecule has 0 aliphatic rings. The van der Waals surface area contributed by atoms with Crippen LogP contribution in [0.2, 0.25) is 0 Å². The lowest BCUT2D eigenvalue weighted by Gasteiger charge is -1.97. The molecular weight excluding hydrogens is 136 g/mol. The molecule has 0 aromatic carbocycles. The zero-order valence-electron chi connectivity index (χ0n) is 5.79. The zero-order valence-corrected chi connectivity index (χ0v) is 5.79. The van der Waals surface area contributed by atoms with E-state index in [4.69, 9.17) is 5.11 Å². The second-order valence-corrected chi connectivity index (χ2v) is 1.79. The number of unbranched alkanes of at least 4 members (excludes halogenated alkanes) is 1. The number of ether oxygens (including phenoxy) is 1. The molecule has 0 saturated heterocycles. The Balaban J connectivity index is 3.31. The normalized spacial score (nSPS) is 8.90. The van der Waals surface area contributed by atoms with Crippen molar-refractivity contribution >= 4 is 11.9 Å². The van der Waals surface area contributed by atoms with E-state index in [-0.39, 0.29) is 6.61 Å². The van der Waals surface area contributed by atoms with Gasteiger partial charge in [0.05, 0.1) is 6.61 Å². The van der Waals surface area contributed by atoms with Gasteiger partial charge in [0.2, 0.25) is 0 Å². The fourth-order valence-corrected chi connectivity index (χ4v) is 0.371. The maximum Gasteiger partial charge on any atom is 0.417 e. The number of rotatable bonds is 3. The van der Waals surface area contributed by atoms with Gasteiger partial charge in [-0.2, -0.15) is 0 Å². The zero-order chi connectivity index (χ0) is 7.98. The summed E-state index contributed by atoms with van der Waals surface area (Å²) in [5.74, 6) is -2.70. The second-order valence-electron chi connectivity index (χ2n) is 1.79. The lowest BCUT2D eigenvalue weighted by molar-refractivity contribution is -0.163. The Morgan fingerprint density at radius 2 is 2.10 bits per heavy atom. The van der Waals surface area contributed by atoms with Crippen LogP contribution in [0.5, 0.6) is 0 Å². The average Bonchev–Trinajstić information content (AvgIpc) is 1.88. The summed E-state index contributed by atoms with van der Waals surface area (Å²) < 4.78 is 4.31. The first-order valence-electron chi connectivity index (χ1n) is 3.08. The van der Waals surface area contributed by atoms with Crippen LogP contribution in [-0.2, 0) is 14.3 Å². The molecule has 0 aromatic heterocycles. The fraction of sp³-hybridized carbons (Fsp3) is 0.667. The Morgan fingerprint density at radius 1 is 1.50 bits per heavy atom. The molecule has 0 spiro atoms. The quantitative estimate of drug-likeness (QED) is 0.356. The number of esters is 1. The van der Waals surface area contributed by atoms with Crippen LogP contribution in [0.3, 0.4) is 0 Å². The van der Waals surface area contributed by atoms with Crippen LogP contribution >= 0.6 is 0 Å². The highest BCUT2D eigenvalue weighted by Crippen LogP contribution is 1.87. The van der Waals surface area contributed by atoms with Gasteiger partial charge in [-0.1, -0.05) is 13.3 Å². The van der Waals surface area contributed by atoms with Crippen LogP contribution in [0.15, 0.2) is 0 Å². The molecule has 0 fully saturated rings. The third-order valence-corrected chi connectivity index (χ3v) is 0.906. The predicted molar refractivity (Wildman–Crippen MR) is 33.5 cm³/mol. The largest absolute Gasteiger partial charge is 0.473 e. The van der Waals surface area contributed by atoms with Crippen molar-refractivity contribution < 1.29 is 19.4 Å². The number of aliphatic carboxylic acids is 1. The van der Waals surface area contributed by atoms with E-state index in [1.807, 2.05) is 6.92 Å². The lowest BCUT2D eigenvalue weighted by Crippen LogP contribution is -2.16. The molecule has 0 rings (SSSR count). The molecule has 0 amide bonds. The van der Waals surface area contributed by atoms with Gasteiger partial charge >= 0.3 is 11.9 Å². The van der Waals surface area contributed by atoms with Gasteiger partial charge in [0, 0.05) is 0 Å². The molecule has 4 nitrogen and oxygen atoms in total. The monoisotopic (exact) mass is 146 g/mol. The topological polar surface area (TPSA) is 63.6 Å². The Hall–Kier alpha value is -1.06. The smallest absolute Gasteiger partial charge is 0.417 e. The van der Waals surface area contributed by atoms with E-state index in [2.05, 4.69) is 4.74 Å². The molecule has 0 unspecified atom stereocenters. The minimum absolute atomic E-state index is 0.196. The van der Waals surface area contributed by atoms with Gasteiger partial charge < -0.3 is 9.84 Å². The highest BCUT2D eigenvalue weighted by atomic mass is 16.6. The molecule has 0 aliphatic heterocycles. The van der Waals surface area contributed by atoms with E-state index in [9.17, 15) is 9.59 Å². The van der Waals surface area contributed by atoms with Crippen molar-refractivity contribution in [2.24, 2.45) is 0 Å². The summed E-state index contributed by atoms with van der Waals surface area (Å²) in [4.78, 5) is 20.0. The minimum Gasteiger partial charge on any atom is -0.473 e. The maximum absolute atomic E-state index is 10.2. The first-order chi connectivity index (χ1) is 4.68. The molecule has 0 atom stereocenters. The molecule has 0 heterocycles. The summed E-state index contributed by atoms with van der Waals surface area (Å²) in [6.45, 7) is 2.12. The van der Waals surface area contributed by atoms with Gasteiger partial charge in [-0.25, -0.2) is 9.59 Å². The molecule has 4 heteroatoms. The second kappa shape index (κ2) is 4.78. The Kier molecular flexibility index (Phi) is 4.28. The third kappa shape index (κ3) is 3.88. The number of carboxylic acids is 1. The van der Waals surface area contributed by atoms with Crippen LogP contribution < -0.4 is 0 Å². The third-order valence-electron chi connectivity index (χ3n) is 0.906. The lowest BCUT2D eigenvalue weighted by atomic mass is 10.4. The summed E-state index contributed by atoms with van der Waals surface area (Å²) in [6, 6.07) is 0. The van der Waals surface area contributed by atoms with Crippen LogP contribution in [0, 0.1) is 0 Å². The summed E-state index contributed by atoms with van der Waals surface area (Å²) in [5, 5.41) is 8.01. The number of carboxylic acid groups (broad SMARTS) is 1. The van der Waals surface area contributed by atoms with Gasteiger partial charge in [0.1, 0.15) is 0 Å². The van der Waals surface area contributed by atoms with E-state index >= 15 is 0 Å². The number of hydrogen-bond acceptors (Lipinski definition) is 3. The fourth-order valence-electron chi connectivity index (χ4n) is 0.371. The molecule has 10 heavy (non-hydrogen) atoms. The molecule has 0 bridgehead atoms. The van der Waals surface area contributed by atoms with E-state index in [0.29, 0.717) is 6.42 Å². The van der Waals surface area contributed by atoms with E-state index < -0.39 is 11.9 Å². The van der Waals surface area contributed by atoms with Crippen molar-refractivity contribution in [2.45, 2.75) is 19.8 Å². The van der Waals surface area contributed by atoms with Crippen molar-refractivity contribution in [3.63, 3.8) is 0 Å². The molecule has 58 valence electrons. The van der Waals surface area contributed by atoms with Gasteiger partial charge in [-0.15, -0.1) is 0 Å². The summed E-state index contributed by atoms with van der Waals surface area (Å²) >= 11 is 0. The van der Waals surface area contributed by atoms with Crippen LogP contribution in [0.4, 0.5) is 0 Å². The summed E-state index contributed by atoms with van der Waals surface area (Å²) in [5.41, 5.74) is 0. The molecule has 1 N–H and O–H groups in total. The predicted octanol–water partition coefficient (Wildman–Crippen LogP) is 0.414. The van der Waals surface area contributed by atoms with E-state index in [1.165, 1.54) is 0 Å². The van der Waals surface area contributed by atoms with Crippen molar-refractivity contribution in [3.05, 3.63) is 0 Å². The SMILES string of the molecule is CCCCOC(=O)C(=O)O. The molecule has 0 saturated carbocycles. The number of carbonyl (C=O) groups excluding carboxylic acids is 1. The Labute approximate surface area is 58.8 Å². The van der Waals surface area contributed by atoms with Gasteiger partial charge in [0.25, 0.3) is 0 Å². The molecule has 0 aromatic rings. The number of hydrogen-bond donors (Lipinski definition) is 1. The van der Waals surface area contributed by atoms with E-state index in [0.717, 1.165) is 6.42 Å². The Morgan fingerprint density at radius 3 is 2.50 bits per heavy atom. The molecular formula is C6H10O4. The van der Waals surface area contributed by atoms with Crippen LogP contribution in [0.1, 0.15) is 19.8 Å². The highest BCUT2D eigenvalue weighted by Gasteiger charge is 2.11.